The zero-order valence-corrected chi connectivity index (χ0v) is 17.0. The Kier molecular flexibility index (Phi) is 5.28. The molecule has 7 heteroatoms. The Balaban J connectivity index is 1.62. The molecule has 0 atom stereocenters. The van der Waals surface area contributed by atoms with Gasteiger partial charge in [0.2, 0.25) is 0 Å². The quantitative estimate of drug-likeness (QED) is 0.736. The smallest absolute Gasteiger partial charge is 0.261 e. The molecule has 0 aliphatic carbocycles. The molecule has 0 fully saturated rings. The summed E-state index contributed by atoms with van der Waals surface area (Å²) in [5.74, 6) is 0.648. The number of hydrogen-bond donors (Lipinski definition) is 1. The summed E-state index contributed by atoms with van der Waals surface area (Å²) in [5.41, 5.74) is 1.10. The molecule has 2 aromatic heterocycles. The third-order valence-corrected chi connectivity index (χ3v) is 6.14. The highest BCUT2D eigenvalue weighted by atomic mass is 32.1. The minimum Gasteiger partial charge on any atom is -0.347 e. The number of fused-ring (bicyclic) bond motifs is 2. The number of benzene rings is 1. The Morgan fingerprint density at radius 3 is 2.86 bits per heavy atom. The van der Waals surface area contributed by atoms with Crippen molar-refractivity contribution in [3.8, 4) is 0 Å². The van der Waals surface area contributed by atoms with E-state index in [9.17, 15) is 9.59 Å². The number of rotatable bonds is 4. The lowest BCUT2D eigenvalue weighted by Crippen LogP contribution is -2.34. The molecule has 0 bridgehead atoms. The van der Waals surface area contributed by atoms with E-state index in [0.717, 1.165) is 30.2 Å². The molecule has 3 heterocycles. The van der Waals surface area contributed by atoms with Crippen LogP contribution in [0.4, 0.5) is 0 Å². The van der Waals surface area contributed by atoms with Gasteiger partial charge in [-0.25, -0.2) is 4.98 Å². The molecule has 28 heavy (non-hydrogen) atoms. The van der Waals surface area contributed by atoms with Gasteiger partial charge >= 0.3 is 0 Å². The fraction of sp³-hybridized carbons (Fsp3) is 0.381. The van der Waals surface area contributed by atoms with E-state index in [4.69, 9.17) is 4.98 Å². The number of carbonyl (C=O) groups excluding carboxylic acids is 1. The van der Waals surface area contributed by atoms with Crippen molar-refractivity contribution in [2.24, 2.45) is 0 Å². The van der Waals surface area contributed by atoms with E-state index < -0.39 is 0 Å². The highest BCUT2D eigenvalue weighted by Crippen LogP contribution is 2.15. The molecule has 0 spiro atoms. The third kappa shape index (κ3) is 3.72. The van der Waals surface area contributed by atoms with Gasteiger partial charge in [-0.05, 0) is 43.5 Å². The molecule has 6 nitrogen and oxygen atoms in total. The van der Waals surface area contributed by atoms with Gasteiger partial charge in [0.15, 0.2) is 0 Å². The first-order valence-corrected chi connectivity index (χ1v) is 10.5. The van der Waals surface area contributed by atoms with Crippen molar-refractivity contribution >= 4 is 28.1 Å². The van der Waals surface area contributed by atoms with Gasteiger partial charge in [-0.15, -0.1) is 11.3 Å². The van der Waals surface area contributed by atoms with E-state index in [-0.39, 0.29) is 11.5 Å². The van der Waals surface area contributed by atoms with Crippen LogP contribution in [0.3, 0.4) is 0 Å². The standard InChI is InChI=1S/C21H24N4O2S/c1-14(2)24-8-7-19-23-18-12-15(20(26)22-13-16-4-3-11-28-16)5-6-17(18)21(27)25(19)10-9-24/h3-6,11-12,14H,7-10,13H2,1-2H3,(H,22,26). The second kappa shape index (κ2) is 7.85. The average Bonchev–Trinajstić information content (AvgIpc) is 3.11. The first-order valence-electron chi connectivity index (χ1n) is 9.61. The monoisotopic (exact) mass is 396 g/mol. The van der Waals surface area contributed by atoms with Crippen LogP contribution in [0.2, 0.25) is 0 Å². The van der Waals surface area contributed by atoms with E-state index >= 15 is 0 Å². The predicted molar refractivity (Wildman–Crippen MR) is 112 cm³/mol. The Hall–Kier alpha value is -2.51. The summed E-state index contributed by atoms with van der Waals surface area (Å²) in [7, 11) is 0. The van der Waals surface area contributed by atoms with Crippen molar-refractivity contribution in [3.05, 3.63) is 62.3 Å². The second-order valence-corrected chi connectivity index (χ2v) is 8.39. The zero-order valence-electron chi connectivity index (χ0n) is 16.1. The van der Waals surface area contributed by atoms with Crippen molar-refractivity contribution in [1.29, 1.82) is 0 Å². The summed E-state index contributed by atoms with van der Waals surface area (Å²) in [6.07, 6.45) is 0.734. The van der Waals surface area contributed by atoms with E-state index in [0.29, 0.717) is 35.6 Å². The molecule has 0 unspecified atom stereocenters. The van der Waals surface area contributed by atoms with Crippen LogP contribution in [0.15, 0.2) is 40.5 Å². The minimum absolute atomic E-state index is 0.0175. The molecule has 0 saturated heterocycles. The summed E-state index contributed by atoms with van der Waals surface area (Å²) >= 11 is 1.61. The normalized spacial score (nSPS) is 14.8. The van der Waals surface area contributed by atoms with Crippen LogP contribution in [0.25, 0.3) is 10.9 Å². The van der Waals surface area contributed by atoms with E-state index in [1.807, 2.05) is 17.5 Å². The van der Waals surface area contributed by atoms with Gasteiger partial charge in [0.05, 0.1) is 17.4 Å². The molecule has 0 saturated carbocycles. The largest absolute Gasteiger partial charge is 0.347 e. The van der Waals surface area contributed by atoms with Gasteiger partial charge in [0.1, 0.15) is 5.82 Å². The molecule has 1 aliphatic rings. The fourth-order valence-corrected chi connectivity index (χ4v) is 4.26. The van der Waals surface area contributed by atoms with Gasteiger partial charge in [-0.3, -0.25) is 19.1 Å². The molecule has 146 valence electrons. The van der Waals surface area contributed by atoms with Crippen molar-refractivity contribution < 1.29 is 4.79 Å². The molecule has 1 aromatic carbocycles. The number of carbonyl (C=O) groups is 1. The van der Waals surface area contributed by atoms with Crippen LogP contribution in [0, 0.1) is 0 Å². The summed E-state index contributed by atoms with van der Waals surface area (Å²) < 4.78 is 1.79. The average molecular weight is 397 g/mol. The Morgan fingerprint density at radius 2 is 2.11 bits per heavy atom. The van der Waals surface area contributed by atoms with Crippen molar-refractivity contribution in [3.63, 3.8) is 0 Å². The first-order chi connectivity index (χ1) is 13.5. The number of nitrogens with zero attached hydrogens (tertiary/aromatic N) is 3. The van der Waals surface area contributed by atoms with Crippen LogP contribution in [-0.4, -0.2) is 39.5 Å². The zero-order chi connectivity index (χ0) is 19.7. The molecule has 3 aromatic rings. The van der Waals surface area contributed by atoms with Crippen LogP contribution in [0.1, 0.15) is 34.9 Å². The van der Waals surface area contributed by atoms with E-state index in [1.165, 1.54) is 0 Å². The van der Waals surface area contributed by atoms with Gasteiger partial charge in [0.25, 0.3) is 11.5 Å². The maximum Gasteiger partial charge on any atom is 0.261 e. The van der Waals surface area contributed by atoms with Crippen molar-refractivity contribution in [2.75, 3.05) is 13.1 Å². The molecule has 1 amide bonds. The molecular weight excluding hydrogens is 372 g/mol. The highest BCUT2D eigenvalue weighted by Gasteiger charge is 2.19. The maximum absolute atomic E-state index is 13.0. The highest BCUT2D eigenvalue weighted by molar-refractivity contribution is 7.09. The fourth-order valence-electron chi connectivity index (χ4n) is 3.61. The lowest BCUT2D eigenvalue weighted by molar-refractivity contribution is 0.0951. The van der Waals surface area contributed by atoms with E-state index in [2.05, 4.69) is 24.1 Å². The lowest BCUT2D eigenvalue weighted by Gasteiger charge is -2.23. The first kappa shape index (κ1) is 18.8. The number of thiophene rings is 1. The third-order valence-electron chi connectivity index (χ3n) is 5.26. The maximum atomic E-state index is 13.0. The number of aromatic nitrogens is 2. The van der Waals surface area contributed by atoms with Gasteiger partial charge in [0, 0.05) is 42.5 Å². The lowest BCUT2D eigenvalue weighted by atomic mass is 10.1. The SMILES string of the molecule is CC(C)N1CCc2nc3cc(C(=O)NCc4cccs4)ccc3c(=O)n2CC1. The Labute approximate surface area is 167 Å². The van der Waals surface area contributed by atoms with Crippen molar-refractivity contribution in [1.82, 2.24) is 19.8 Å². The summed E-state index contributed by atoms with van der Waals surface area (Å²) in [6.45, 7) is 7.23. The predicted octanol–water partition coefficient (Wildman–Crippen LogP) is 2.65. The van der Waals surface area contributed by atoms with Crippen LogP contribution >= 0.6 is 11.3 Å². The molecule has 4 rings (SSSR count). The molecule has 0 radical (unpaired) electrons. The van der Waals surface area contributed by atoms with Crippen LogP contribution < -0.4 is 10.9 Å². The number of amides is 1. The van der Waals surface area contributed by atoms with Crippen molar-refractivity contribution in [2.45, 2.75) is 39.4 Å². The molecule has 1 N–H and O–H groups in total. The molecule has 1 aliphatic heterocycles. The Morgan fingerprint density at radius 1 is 1.25 bits per heavy atom. The van der Waals surface area contributed by atoms with E-state index in [1.54, 1.807) is 34.1 Å². The summed E-state index contributed by atoms with van der Waals surface area (Å²) in [5, 5.41) is 5.48. The van der Waals surface area contributed by atoms with Gasteiger partial charge < -0.3 is 5.32 Å². The summed E-state index contributed by atoms with van der Waals surface area (Å²) in [4.78, 5) is 33.7. The Bertz CT molecular complexity index is 1060. The molecular formula is C21H24N4O2S. The topological polar surface area (TPSA) is 67.2 Å². The van der Waals surface area contributed by atoms with Crippen LogP contribution in [0.5, 0.6) is 0 Å². The summed E-state index contributed by atoms with van der Waals surface area (Å²) in [6, 6.07) is 9.56. The number of nitrogens with one attached hydrogen (secondary N) is 1. The van der Waals surface area contributed by atoms with Gasteiger partial charge in [-0.2, -0.15) is 0 Å². The minimum atomic E-state index is -0.155. The van der Waals surface area contributed by atoms with Gasteiger partial charge in [-0.1, -0.05) is 6.07 Å². The number of hydrogen-bond acceptors (Lipinski definition) is 5. The second-order valence-electron chi connectivity index (χ2n) is 7.36. The van der Waals surface area contributed by atoms with Crippen LogP contribution in [-0.2, 0) is 19.5 Å².